The summed E-state index contributed by atoms with van der Waals surface area (Å²) in [5.74, 6) is 0.923. The van der Waals surface area contributed by atoms with Gasteiger partial charge in [0.25, 0.3) is 0 Å². The molecule has 3 heteroatoms. The van der Waals surface area contributed by atoms with Crippen molar-refractivity contribution in [1.29, 1.82) is 0 Å². The number of ether oxygens (including phenoxy) is 1. The van der Waals surface area contributed by atoms with Gasteiger partial charge < -0.3 is 4.74 Å². The Morgan fingerprint density at radius 3 is 2.78 bits per heavy atom. The number of nitrogens with zero attached hydrogens (tertiary/aromatic N) is 1. The van der Waals surface area contributed by atoms with Gasteiger partial charge in [-0.25, -0.2) is 0 Å². The van der Waals surface area contributed by atoms with Gasteiger partial charge in [-0.2, -0.15) is 0 Å². The van der Waals surface area contributed by atoms with E-state index in [1.165, 1.54) is 32.2 Å². The average Bonchev–Trinajstić information content (AvgIpc) is 2.80. The van der Waals surface area contributed by atoms with Crippen molar-refractivity contribution in [2.24, 2.45) is 0 Å². The molecule has 0 N–H and O–H groups in total. The lowest BCUT2D eigenvalue weighted by atomic mass is 10.2. The van der Waals surface area contributed by atoms with Crippen LogP contribution in [0.15, 0.2) is 24.3 Å². The molecule has 1 aliphatic heterocycles. The molecule has 1 heterocycles. The van der Waals surface area contributed by atoms with E-state index in [4.69, 9.17) is 16.3 Å². The zero-order chi connectivity index (χ0) is 12.8. The molecule has 1 aromatic rings. The van der Waals surface area contributed by atoms with Gasteiger partial charge in [-0.15, -0.1) is 0 Å². The third kappa shape index (κ3) is 3.89. The van der Waals surface area contributed by atoms with Crippen molar-refractivity contribution in [3.63, 3.8) is 0 Å². The molecule has 0 amide bonds. The standard InChI is InChI=1S/C15H22ClNO/c1-2-3-4-11-17-12-5-6-15(17)18-14-9-7-13(16)8-10-14/h7-10,15H,2-6,11-12H2,1H3. The van der Waals surface area contributed by atoms with E-state index in [0.29, 0.717) is 0 Å². The van der Waals surface area contributed by atoms with Crippen molar-refractivity contribution in [2.75, 3.05) is 13.1 Å². The van der Waals surface area contributed by atoms with Crippen LogP contribution in [0.1, 0.15) is 39.0 Å². The van der Waals surface area contributed by atoms with Gasteiger partial charge in [0.2, 0.25) is 0 Å². The minimum atomic E-state index is 0.253. The zero-order valence-corrected chi connectivity index (χ0v) is 11.8. The summed E-state index contributed by atoms with van der Waals surface area (Å²) in [6, 6.07) is 7.66. The Bertz CT molecular complexity index is 352. The fraction of sp³-hybridized carbons (Fsp3) is 0.600. The molecule has 0 aliphatic carbocycles. The van der Waals surface area contributed by atoms with Crippen molar-refractivity contribution >= 4 is 11.6 Å². The van der Waals surface area contributed by atoms with Crippen LogP contribution in [0.5, 0.6) is 5.75 Å². The number of halogens is 1. The molecule has 1 aromatic carbocycles. The summed E-state index contributed by atoms with van der Waals surface area (Å²) in [5, 5.41) is 0.758. The molecule has 1 fully saturated rings. The summed E-state index contributed by atoms with van der Waals surface area (Å²) < 4.78 is 6.04. The highest BCUT2D eigenvalue weighted by atomic mass is 35.5. The molecule has 18 heavy (non-hydrogen) atoms. The summed E-state index contributed by atoms with van der Waals surface area (Å²) in [4.78, 5) is 2.46. The van der Waals surface area contributed by atoms with Gasteiger partial charge in [0.05, 0.1) is 0 Å². The first-order valence-electron chi connectivity index (χ1n) is 6.96. The van der Waals surface area contributed by atoms with Crippen LogP contribution in [-0.4, -0.2) is 24.2 Å². The highest BCUT2D eigenvalue weighted by Gasteiger charge is 2.25. The lowest BCUT2D eigenvalue weighted by Crippen LogP contribution is -2.34. The number of likely N-dealkylation sites (tertiary alicyclic amines) is 1. The van der Waals surface area contributed by atoms with Gasteiger partial charge >= 0.3 is 0 Å². The summed E-state index contributed by atoms with van der Waals surface area (Å²) in [7, 11) is 0. The van der Waals surface area contributed by atoms with Gasteiger partial charge in [0, 0.05) is 18.1 Å². The summed E-state index contributed by atoms with van der Waals surface area (Å²) in [6.07, 6.45) is 6.49. The molecule has 0 aromatic heterocycles. The smallest absolute Gasteiger partial charge is 0.152 e. The van der Waals surface area contributed by atoms with E-state index in [2.05, 4.69) is 11.8 Å². The first-order chi connectivity index (χ1) is 8.79. The largest absolute Gasteiger partial charge is 0.475 e. The second kappa shape index (κ2) is 7.01. The maximum Gasteiger partial charge on any atom is 0.152 e. The van der Waals surface area contributed by atoms with E-state index in [-0.39, 0.29) is 6.23 Å². The predicted octanol–water partition coefficient (Wildman–Crippen LogP) is 4.33. The Balaban J connectivity index is 1.85. The predicted molar refractivity (Wildman–Crippen MR) is 76.2 cm³/mol. The quantitative estimate of drug-likeness (QED) is 0.712. The maximum atomic E-state index is 6.04. The molecule has 2 rings (SSSR count). The first kappa shape index (κ1) is 13.7. The maximum absolute atomic E-state index is 6.04. The lowest BCUT2D eigenvalue weighted by Gasteiger charge is -2.25. The third-order valence-electron chi connectivity index (χ3n) is 3.44. The fourth-order valence-electron chi connectivity index (χ4n) is 2.42. The molecule has 1 aliphatic rings. The van der Waals surface area contributed by atoms with E-state index in [1.54, 1.807) is 0 Å². The van der Waals surface area contributed by atoms with E-state index < -0.39 is 0 Å². The second-order valence-electron chi connectivity index (χ2n) is 4.91. The minimum absolute atomic E-state index is 0.253. The van der Waals surface area contributed by atoms with E-state index in [1.807, 2.05) is 24.3 Å². The molecule has 1 atom stereocenters. The van der Waals surface area contributed by atoms with E-state index in [0.717, 1.165) is 23.7 Å². The molecule has 0 saturated carbocycles. The Kier molecular flexibility index (Phi) is 5.33. The van der Waals surface area contributed by atoms with Crippen molar-refractivity contribution < 1.29 is 4.74 Å². The monoisotopic (exact) mass is 267 g/mol. The molecular formula is C15H22ClNO. The summed E-state index contributed by atoms with van der Waals surface area (Å²) in [5.41, 5.74) is 0. The van der Waals surface area contributed by atoms with Gasteiger partial charge in [-0.1, -0.05) is 31.4 Å². The third-order valence-corrected chi connectivity index (χ3v) is 3.69. The Labute approximate surface area is 115 Å². The number of benzene rings is 1. The molecular weight excluding hydrogens is 246 g/mol. The van der Waals surface area contributed by atoms with Gasteiger partial charge in [-0.3, -0.25) is 4.90 Å². The van der Waals surface area contributed by atoms with Crippen LogP contribution < -0.4 is 4.74 Å². The van der Waals surface area contributed by atoms with Crippen molar-refractivity contribution in [3.8, 4) is 5.75 Å². The van der Waals surface area contributed by atoms with Crippen LogP contribution in [0, 0.1) is 0 Å². The lowest BCUT2D eigenvalue weighted by molar-refractivity contribution is 0.0595. The Morgan fingerprint density at radius 2 is 2.06 bits per heavy atom. The molecule has 0 bridgehead atoms. The normalized spacial score (nSPS) is 20.2. The first-order valence-corrected chi connectivity index (χ1v) is 7.33. The fourth-order valence-corrected chi connectivity index (χ4v) is 2.55. The van der Waals surface area contributed by atoms with Crippen molar-refractivity contribution in [3.05, 3.63) is 29.3 Å². The van der Waals surface area contributed by atoms with E-state index >= 15 is 0 Å². The number of unbranched alkanes of at least 4 members (excludes halogenated alkanes) is 2. The van der Waals surface area contributed by atoms with Crippen LogP contribution in [0.2, 0.25) is 5.02 Å². The summed E-state index contributed by atoms with van der Waals surface area (Å²) >= 11 is 5.88. The molecule has 1 saturated heterocycles. The average molecular weight is 268 g/mol. The van der Waals surface area contributed by atoms with E-state index in [9.17, 15) is 0 Å². The SMILES string of the molecule is CCCCCN1CCCC1Oc1ccc(Cl)cc1. The number of hydrogen-bond donors (Lipinski definition) is 0. The molecule has 2 nitrogen and oxygen atoms in total. The Hall–Kier alpha value is -0.730. The van der Waals surface area contributed by atoms with Gasteiger partial charge in [0.1, 0.15) is 5.75 Å². The summed E-state index contributed by atoms with van der Waals surface area (Å²) in [6.45, 7) is 4.57. The minimum Gasteiger partial charge on any atom is -0.475 e. The topological polar surface area (TPSA) is 12.5 Å². The van der Waals surface area contributed by atoms with Crippen molar-refractivity contribution in [1.82, 2.24) is 4.90 Å². The van der Waals surface area contributed by atoms with Crippen LogP contribution in [0.3, 0.4) is 0 Å². The van der Waals surface area contributed by atoms with Crippen LogP contribution in [0.25, 0.3) is 0 Å². The molecule has 0 radical (unpaired) electrons. The highest BCUT2D eigenvalue weighted by Crippen LogP contribution is 2.23. The van der Waals surface area contributed by atoms with Gasteiger partial charge in [-0.05, 0) is 43.5 Å². The molecule has 100 valence electrons. The van der Waals surface area contributed by atoms with Crippen LogP contribution >= 0.6 is 11.6 Å². The van der Waals surface area contributed by atoms with Crippen LogP contribution in [-0.2, 0) is 0 Å². The molecule has 1 unspecified atom stereocenters. The molecule has 0 spiro atoms. The van der Waals surface area contributed by atoms with Gasteiger partial charge in [0.15, 0.2) is 6.23 Å². The highest BCUT2D eigenvalue weighted by molar-refractivity contribution is 6.30. The number of rotatable bonds is 6. The number of hydrogen-bond acceptors (Lipinski definition) is 2. The zero-order valence-electron chi connectivity index (χ0n) is 11.1. The van der Waals surface area contributed by atoms with Crippen molar-refractivity contribution in [2.45, 2.75) is 45.3 Å². The Morgan fingerprint density at radius 1 is 1.28 bits per heavy atom. The van der Waals surface area contributed by atoms with Crippen LogP contribution in [0.4, 0.5) is 0 Å². The second-order valence-corrected chi connectivity index (χ2v) is 5.35.